The van der Waals surface area contributed by atoms with E-state index in [2.05, 4.69) is 46.3 Å². The van der Waals surface area contributed by atoms with E-state index in [1.807, 2.05) is 18.2 Å². The zero-order chi connectivity index (χ0) is 11.4. The van der Waals surface area contributed by atoms with Gasteiger partial charge in [0.05, 0.1) is 7.11 Å². The summed E-state index contributed by atoms with van der Waals surface area (Å²) in [6.45, 7) is 0. The molecule has 2 heteroatoms. The predicted molar refractivity (Wildman–Crippen MR) is 69.9 cm³/mol. The molecule has 16 heavy (non-hydrogen) atoms. The van der Waals surface area contributed by atoms with Crippen molar-refractivity contribution in [2.45, 2.75) is 6.42 Å². The van der Waals surface area contributed by atoms with Crippen molar-refractivity contribution in [1.29, 1.82) is 0 Å². The Hall–Kier alpha value is -1.28. The molecule has 0 aromatic heterocycles. The van der Waals surface area contributed by atoms with Crippen molar-refractivity contribution in [2.24, 2.45) is 0 Å². The molecular weight excluding hydrogens is 264 g/mol. The highest BCUT2D eigenvalue weighted by Gasteiger charge is 2.01. The summed E-state index contributed by atoms with van der Waals surface area (Å²) in [5.41, 5.74) is 2.54. The van der Waals surface area contributed by atoms with E-state index in [1.54, 1.807) is 7.11 Å². The van der Waals surface area contributed by atoms with Crippen LogP contribution in [0.1, 0.15) is 11.1 Å². The maximum Gasteiger partial charge on any atom is 0.119 e. The van der Waals surface area contributed by atoms with Gasteiger partial charge in [-0.05, 0) is 35.7 Å². The minimum Gasteiger partial charge on any atom is -0.497 e. The van der Waals surface area contributed by atoms with Gasteiger partial charge in [0, 0.05) is 4.47 Å². The van der Waals surface area contributed by atoms with E-state index in [4.69, 9.17) is 4.74 Å². The van der Waals surface area contributed by atoms with Gasteiger partial charge in [-0.3, -0.25) is 0 Å². The molecule has 0 N–H and O–H groups in total. The fraction of sp³-hybridized carbons (Fsp3) is 0.143. The SMILES string of the molecule is COc1cccc(Cc2ccccc2Br)c1. The molecule has 2 rings (SSSR count). The Kier molecular flexibility index (Phi) is 3.62. The fourth-order valence-corrected chi connectivity index (χ4v) is 2.07. The molecule has 0 unspecified atom stereocenters. The van der Waals surface area contributed by atoms with Crippen LogP contribution < -0.4 is 4.74 Å². The lowest BCUT2D eigenvalue weighted by molar-refractivity contribution is 0.414. The molecular formula is C14H13BrO. The fourth-order valence-electron chi connectivity index (χ4n) is 1.64. The molecule has 0 fully saturated rings. The van der Waals surface area contributed by atoms with E-state index in [0.29, 0.717) is 0 Å². The van der Waals surface area contributed by atoms with Gasteiger partial charge in [0.2, 0.25) is 0 Å². The highest BCUT2D eigenvalue weighted by molar-refractivity contribution is 9.10. The molecule has 0 amide bonds. The minimum atomic E-state index is 0.907. The van der Waals surface area contributed by atoms with Crippen LogP contribution in [-0.4, -0.2) is 7.11 Å². The van der Waals surface area contributed by atoms with Gasteiger partial charge in [-0.1, -0.05) is 46.3 Å². The van der Waals surface area contributed by atoms with E-state index in [1.165, 1.54) is 11.1 Å². The Labute approximate surface area is 104 Å². The normalized spacial score (nSPS) is 10.1. The Balaban J connectivity index is 2.24. The first-order chi connectivity index (χ1) is 7.79. The van der Waals surface area contributed by atoms with Gasteiger partial charge < -0.3 is 4.74 Å². The minimum absolute atomic E-state index is 0.907. The Bertz CT molecular complexity index is 480. The second-order valence-electron chi connectivity index (χ2n) is 3.62. The third kappa shape index (κ3) is 2.64. The molecule has 0 heterocycles. The monoisotopic (exact) mass is 276 g/mol. The lowest BCUT2D eigenvalue weighted by atomic mass is 10.1. The van der Waals surface area contributed by atoms with E-state index in [-0.39, 0.29) is 0 Å². The molecule has 0 aliphatic rings. The molecule has 0 aliphatic carbocycles. The summed E-state index contributed by atoms with van der Waals surface area (Å²) in [4.78, 5) is 0. The van der Waals surface area contributed by atoms with Gasteiger partial charge in [-0.25, -0.2) is 0 Å². The van der Waals surface area contributed by atoms with Crippen molar-refractivity contribution in [3.05, 3.63) is 64.1 Å². The largest absolute Gasteiger partial charge is 0.497 e. The van der Waals surface area contributed by atoms with Crippen LogP contribution in [0.5, 0.6) is 5.75 Å². The van der Waals surface area contributed by atoms with Crippen LogP contribution >= 0.6 is 15.9 Å². The van der Waals surface area contributed by atoms with Gasteiger partial charge in [-0.15, -0.1) is 0 Å². The molecule has 0 atom stereocenters. The third-order valence-electron chi connectivity index (χ3n) is 2.49. The van der Waals surface area contributed by atoms with E-state index in [9.17, 15) is 0 Å². The van der Waals surface area contributed by atoms with E-state index in [0.717, 1.165) is 16.6 Å². The zero-order valence-corrected chi connectivity index (χ0v) is 10.7. The number of hydrogen-bond donors (Lipinski definition) is 0. The average molecular weight is 277 g/mol. The van der Waals surface area contributed by atoms with E-state index >= 15 is 0 Å². The van der Waals surface area contributed by atoms with Gasteiger partial charge in [-0.2, -0.15) is 0 Å². The summed E-state index contributed by atoms with van der Waals surface area (Å²) in [7, 11) is 1.69. The number of hydrogen-bond acceptors (Lipinski definition) is 1. The van der Waals surface area contributed by atoms with Gasteiger partial charge in [0.15, 0.2) is 0 Å². The Morgan fingerprint density at radius 1 is 1.06 bits per heavy atom. The highest BCUT2D eigenvalue weighted by Crippen LogP contribution is 2.21. The average Bonchev–Trinajstić information content (AvgIpc) is 2.32. The first-order valence-corrected chi connectivity index (χ1v) is 5.95. The molecule has 2 aromatic carbocycles. The topological polar surface area (TPSA) is 9.23 Å². The van der Waals surface area contributed by atoms with Crippen LogP contribution in [-0.2, 0) is 6.42 Å². The number of halogens is 1. The number of benzene rings is 2. The molecule has 0 aliphatic heterocycles. The van der Waals surface area contributed by atoms with Crippen molar-refractivity contribution in [2.75, 3.05) is 7.11 Å². The third-order valence-corrected chi connectivity index (χ3v) is 3.26. The standard InChI is InChI=1S/C14H13BrO/c1-16-13-7-4-5-11(10-13)9-12-6-2-3-8-14(12)15/h2-8,10H,9H2,1H3. The molecule has 1 nitrogen and oxygen atoms in total. The van der Waals surface area contributed by atoms with Crippen molar-refractivity contribution in [3.63, 3.8) is 0 Å². The second kappa shape index (κ2) is 5.17. The first-order valence-electron chi connectivity index (χ1n) is 5.16. The lowest BCUT2D eigenvalue weighted by Gasteiger charge is -2.06. The van der Waals surface area contributed by atoms with Crippen LogP contribution in [0.4, 0.5) is 0 Å². The quantitative estimate of drug-likeness (QED) is 0.822. The molecule has 0 spiro atoms. The van der Waals surface area contributed by atoms with Gasteiger partial charge in [0.1, 0.15) is 5.75 Å². The molecule has 0 saturated heterocycles. The van der Waals surface area contributed by atoms with Gasteiger partial charge in [0.25, 0.3) is 0 Å². The summed E-state index contributed by atoms with van der Waals surface area (Å²) in [6, 6.07) is 16.4. The van der Waals surface area contributed by atoms with Crippen molar-refractivity contribution in [3.8, 4) is 5.75 Å². The summed E-state index contributed by atoms with van der Waals surface area (Å²) >= 11 is 3.56. The summed E-state index contributed by atoms with van der Waals surface area (Å²) in [5.74, 6) is 0.907. The Morgan fingerprint density at radius 2 is 1.88 bits per heavy atom. The highest BCUT2D eigenvalue weighted by atomic mass is 79.9. The molecule has 0 saturated carbocycles. The summed E-state index contributed by atoms with van der Waals surface area (Å²) in [6.07, 6.45) is 0.915. The summed E-state index contributed by atoms with van der Waals surface area (Å²) in [5, 5.41) is 0. The molecule has 82 valence electrons. The zero-order valence-electron chi connectivity index (χ0n) is 9.11. The maximum atomic E-state index is 5.21. The smallest absolute Gasteiger partial charge is 0.119 e. The van der Waals surface area contributed by atoms with Crippen LogP contribution in [0, 0.1) is 0 Å². The maximum absolute atomic E-state index is 5.21. The molecule has 2 aromatic rings. The van der Waals surface area contributed by atoms with Crippen LogP contribution in [0.25, 0.3) is 0 Å². The van der Waals surface area contributed by atoms with Crippen molar-refractivity contribution in [1.82, 2.24) is 0 Å². The van der Waals surface area contributed by atoms with Crippen LogP contribution in [0.3, 0.4) is 0 Å². The molecule has 0 bridgehead atoms. The Morgan fingerprint density at radius 3 is 2.62 bits per heavy atom. The van der Waals surface area contributed by atoms with Crippen LogP contribution in [0.2, 0.25) is 0 Å². The van der Waals surface area contributed by atoms with Crippen molar-refractivity contribution >= 4 is 15.9 Å². The number of methoxy groups -OCH3 is 1. The first kappa shape index (κ1) is 11.2. The number of ether oxygens (including phenoxy) is 1. The van der Waals surface area contributed by atoms with Crippen LogP contribution in [0.15, 0.2) is 53.0 Å². The van der Waals surface area contributed by atoms with Gasteiger partial charge >= 0.3 is 0 Å². The number of rotatable bonds is 3. The van der Waals surface area contributed by atoms with E-state index < -0.39 is 0 Å². The lowest BCUT2D eigenvalue weighted by Crippen LogP contribution is -1.90. The van der Waals surface area contributed by atoms with Crippen molar-refractivity contribution < 1.29 is 4.74 Å². The second-order valence-corrected chi connectivity index (χ2v) is 4.47. The predicted octanol–water partition coefficient (Wildman–Crippen LogP) is 4.05. The summed E-state index contributed by atoms with van der Waals surface area (Å²) < 4.78 is 6.36. The molecule has 0 radical (unpaired) electrons.